The van der Waals surface area contributed by atoms with E-state index in [0.717, 1.165) is 17.1 Å². The summed E-state index contributed by atoms with van der Waals surface area (Å²) in [7, 11) is 1.69. The van der Waals surface area contributed by atoms with Crippen LogP contribution in [0, 0.1) is 13.8 Å². The fourth-order valence-electron chi connectivity index (χ4n) is 1.97. The van der Waals surface area contributed by atoms with E-state index in [9.17, 15) is 0 Å². The Bertz CT molecular complexity index is 549. The molecule has 0 saturated carbocycles. The third-order valence-corrected chi connectivity index (χ3v) is 3.04. The van der Waals surface area contributed by atoms with E-state index in [1.165, 1.54) is 5.56 Å². The predicted octanol–water partition coefficient (Wildman–Crippen LogP) is 3.15. The molecule has 1 heterocycles. The molecule has 0 fully saturated rings. The first-order valence-electron chi connectivity index (χ1n) is 6.39. The number of benzene rings is 1. The lowest BCUT2D eigenvalue weighted by Gasteiger charge is -2.13. The Morgan fingerprint density at radius 2 is 2.16 bits per heavy atom. The van der Waals surface area contributed by atoms with Crippen LogP contribution in [0.1, 0.15) is 35.7 Å². The highest BCUT2D eigenvalue weighted by molar-refractivity contribution is 5.36. The molecule has 4 nitrogen and oxygen atoms in total. The van der Waals surface area contributed by atoms with Crippen LogP contribution in [0.15, 0.2) is 28.8 Å². The predicted molar refractivity (Wildman–Crippen MR) is 74.2 cm³/mol. The van der Waals surface area contributed by atoms with Crippen LogP contribution < -0.4 is 10.1 Å². The van der Waals surface area contributed by atoms with Crippen molar-refractivity contribution in [1.29, 1.82) is 0 Å². The zero-order valence-corrected chi connectivity index (χ0v) is 11.9. The minimum Gasteiger partial charge on any atom is -0.496 e. The summed E-state index contributed by atoms with van der Waals surface area (Å²) in [6.07, 6.45) is 1.74. The first-order chi connectivity index (χ1) is 9.10. The van der Waals surface area contributed by atoms with Crippen molar-refractivity contribution in [3.63, 3.8) is 0 Å². The molecular weight excluding hydrogens is 240 g/mol. The van der Waals surface area contributed by atoms with Crippen molar-refractivity contribution in [3.05, 3.63) is 47.2 Å². The number of rotatable bonds is 5. The van der Waals surface area contributed by atoms with Crippen LogP contribution in [0.2, 0.25) is 0 Å². The minimum absolute atomic E-state index is 0.0684. The monoisotopic (exact) mass is 260 g/mol. The summed E-state index contributed by atoms with van der Waals surface area (Å²) in [5, 5.41) is 3.39. The molecule has 0 aliphatic carbocycles. The van der Waals surface area contributed by atoms with Crippen LogP contribution in [0.25, 0.3) is 0 Å². The second kappa shape index (κ2) is 5.89. The van der Waals surface area contributed by atoms with Gasteiger partial charge in [0, 0.05) is 12.1 Å². The Morgan fingerprint density at radius 1 is 1.37 bits per heavy atom. The summed E-state index contributed by atoms with van der Waals surface area (Å²) in [6, 6.07) is 6.23. The van der Waals surface area contributed by atoms with Crippen molar-refractivity contribution >= 4 is 0 Å². The SMILES string of the molecule is COc1ccc(C)cc1CNC(C)c1ncc(C)o1. The van der Waals surface area contributed by atoms with Crippen molar-refractivity contribution in [1.82, 2.24) is 10.3 Å². The van der Waals surface area contributed by atoms with Gasteiger partial charge in [0.2, 0.25) is 5.89 Å². The van der Waals surface area contributed by atoms with Crippen LogP contribution >= 0.6 is 0 Å². The fraction of sp³-hybridized carbons (Fsp3) is 0.400. The summed E-state index contributed by atoms with van der Waals surface area (Å²) in [6.45, 7) is 6.72. The molecule has 4 heteroatoms. The zero-order chi connectivity index (χ0) is 13.8. The largest absolute Gasteiger partial charge is 0.496 e. The molecule has 0 radical (unpaired) electrons. The van der Waals surface area contributed by atoms with E-state index in [4.69, 9.17) is 9.15 Å². The normalized spacial score (nSPS) is 12.4. The van der Waals surface area contributed by atoms with Crippen LogP contribution in [-0.2, 0) is 6.54 Å². The van der Waals surface area contributed by atoms with Crippen LogP contribution in [0.4, 0.5) is 0 Å². The zero-order valence-electron chi connectivity index (χ0n) is 11.9. The summed E-state index contributed by atoms with van der Waals surface area (Å²) in [4.78, 5) is 4.23. The highest BCUT2D eigenvalue weighted by Crippen LogP contribution is 2.21. The maximum Gasteiger partial charge on any atom is 0.211 e. The molecule has 0 amide bonds. The lowest BCUT2D eigenvalue weighted by Crippen LogP contribution is -2.18. The summed E-state index contributed by atoms with van der Waals surface area (Å²) < 4.78 is 10.9. The minimum atomic E-state index is 0.0684. The maximum absolute atomic E-state index is 5.51. The third-order valence-electron chi connectivity index (χ3n) is 3.04. The first kappa shape index (κ1) is 13.6. The molecule has 19 heavy (non-hydrogen) atoms. The highest BCUT2D eigenvalue weighted by Gasteiger charge is 2.12. The average Bonchev–Trinajstić information content (AvgIpc) is 2.83. The van der Waals surface area contributed by atoms with Gasteiger partial charge >= 0.3 is 0 Å². The van der Waals surface area contributed by atoms with Crippen LogP contribution in [0.3, 0.4) is 0 Å². The molecule has 1 aromatic heterocycles. The summed E-state index contributed by atoms with van der Waals surface area (Å²) in [5.74, 6) is 2.44. The maximum atomic E-state index is 5.51. The van der Waals surface area contributed by atoms with Gasteiger partial charge in [-0.05, 0) is 26.8 Å². The standard InChI is InChI=1S/C15H20N2O2/c1-10-5-6-14(18-4)13(7-10)9-16-12(3)15-17-8-11(2)19-15/h5-8,12,16H,9H2,1-4H3. The van der Waals surface area contributed by atoms with Gasteiger partial charge in [-0.1, -0.05) is 17.7 Å². The van der Waals surface area contributed by atoms with Crippen LogP contribution in [-0.4, -0.2) is 12.1 Å². The molecule has 1 atom stereocenters. The van der Waals surface area contributed by atoms with E-state index >= 15 is 0 Å². The molecule has 0 spiro atoms. The number of aryl methyl sites for hydroxylation is 2. The lowest BCUT2D eigenvalue weighted by molar-refractivity contribution is 0.389. The summed E-state index contributed by atoms with van der Waals surface area (Å²) in [5.41, 5.74) is 2.36. The second-order valence-electron chi connectivity index (χ2n) is 4.73. The molecule has 0 saturated heterocycles. The van der Waals surface area contributed by atoms with Crippen LogP contribution in [0.5, 0.6) is 5.75 Å². The van der Waals surface area contributed by atoms with Gasteiger partial charge in [0.1, 0.15) is 11.5 Å². The van der Waals surface area contributed by atoms with Gasteiger partial charge in [-0.25, -0.2) is 4.98 Å². The van der Waals surface area contributed by atoms with E-state index in [1.807, 2.05) is 26.0 Å². The van der Waals surface area contributed by atoms with Crippen molar-refractivity contribution < 1.29 is 9.15 Å². The lowest BCUT2D eigenvalue weighted by atomic mass is 10.1. The van der Waals surface area contributed by atoms with Gasteiger partial charge in [-0.2, -0.15) is 0 Å². The van der Waals surface area contributed by atoms with E-state index in [2.05, 4.69) is 23.3 Å². The molecule has 0 bridgehead atoms. The molecule has 102 valence electrons. The second-order valence-corrected chi connectivity index (χ2v) is 4.73. The van der Waals surface area contributed by atoms with Gasteiger partial charge in [-0.3, -0.25) is 0 Å². The number of nitrogens with zero attached hydrogens (tertiary/aromatic N) is 1. The number of aromatic nitrogens is 1. The highest BCUT2D eigenvalue weighted by atomic mass is 16.5. The molecule has 2 aromatic rings. The smallest absolute Gasteiger partial charge is 0.211 e. The molecular formula is C15H20N2O2. The van der Waals surface area contributed by atoms with Gasteiger partial charge in [-0.15, -0.1) is 0 Å². The van der Waals surface area contributed by atoms with Crippen molar-refractivity contribution in [2.24, 2.45) is 0 Å². The van der Waals surface area contributed by atoms with E-state index in [0.29, 0.717) is 12.4 Å². The quantitative estimate of drug-likeness (QED) is 0.897. The van der Waals surface area contributed by atoms with Gasteiger partial charge in [0.15, 0.2) is 0 Å². The van der Waals surface area contributed by atoms with Crippen molar-refractivity contribution in [2.75, 3.05) is 7.11 Å². The molecule has 1 aromatic carbocycles. The number of methoxy groups -OCH3 is 1. The third kappa shape index (κ3) is 3.35. The Kier molecular flexibility index (Phi) is 4.22. The molecule has 1 N–H and O–H groups in total. The Hall–Kier alpha value is -1.81. The van der Waals surface area contributed by atoms with Crippen molar-refractivity contribution in [3.8, 4) is 5.75 Å². The summed E-state index contributed by atoms with van der Waals surface area (Å²) >= 11 is 0. The number of hydrogen-bond donors (Lipinski definition) is 1. The molecule has 0 aliphatic rings. The topological polar surface area (TPSA) is 47.3 Å². The number of ether oxygens (including phenoxy) is 1. The van der Waals surface area contributed by atoms with E-state index in [-0.39, 0.29) is 6.04 Å². The van der Waals surface area contributed by atoms with E-state index in [1.54, 1.807) is 13.3 Å². The Balaban J connectivity index is 2.04. The molecule has 2 rings (SSSR count). The van der Waals surface area contributed by atoms with Gasteiger partial charge in [0.05, 0.1) is 19.3 Å². The van der Waals surface area contributed by atoms with Gasteiger partial charge < -0.3 is 14.5 Å². The molecule has 0 aliphatic heterocycles. The van der Waals surface area contributed by atoms with Gasteiger partial charge in [0.25, 0.3) is 0 Å². The van der Waals surface area contributed by atoms with E-state index < -0.39 is 0 Å². The molecule has 1 unspecified atom stereocenters. The average molecular weight is 260 g/mol. The number of nitrogens with one attached hydrogen (secondary N) is 1. The first-order valence-corrected chi connectivity index (χ1v) is 6.39. The number of oxazole rings is 1. The Labute approximate surface area is 113 Å². The van der Waals surface area contributed by atoms with Crippen molar-refractivity contribution in [2.45, 2.75) is 33.4 Å². The Morgan fingerprint density at radius 3 is 2.79 bits per heavy atom. The number of hydrogen-bond acceptors (Lipinski definition) is 4. The fourth-order valence-corrected chi connectivity index (χ4v) is 1.97.